The molecule has 4 heteroatoms. The van der Waals surface area contributed by atoms with E-state index in [0.29, 0.717) is 6.54 Å². The third-order valence-corrected chi connectivity index (χ3v) is 2.87. The van der Waals surface area contributed by atoms with Crippen LogP contribution in [0.3, 0.4) is 0 Å². The van der Waals surface area contributed by atoms with E-state index in [1.807, 2.05) is 31.1 Å². The van der Waals surface area contributed by atoms with Gasteiger partial charge in [0.15, 0.2) is 0 Å². The van der Waals surface area contributed by atoms with Crippen LogP contribution in [0, 0.1) is 0 Å². The van der Waals surface area contributed by atoms with E-state index in [9.17, 15) is 4.79 Å². The Labute approximate surface area is 102 Å². The molecule has 1 aromatic rings. The van der Waals surface area contributed by atoms with Crippen LogP contribution in [0.1, 0.15) is 11.1 Å². The van der Waals surface area contributed by atoms with Crippen molar-refractivity contribution in [3.05, 3.63) is 29.3 Å². The Morgan fingerprint density at radius 3 is 3.06 bits per heavy atom. The number of nitrogens with zero attached hydrogens (tertiary/aromatic N) is 1. The Hall–Kier alpha value is -1.39. The zero-order chi connectivity index (χ0) is 12.3. The highest BCUT2D eigenvalue weighted by atomic mass is 16.2. The molecule has 0 saturated carbocycles. The van der Waals surface area contributed by atoms with Gasteiger partial charge in [0.25, 0.3) is 0 Å². The van der Waals surface area contributed by atoms with E-state index in [0.717, 1.165) is 25.2 Å². The van der Waals surface area contributed by atoms with E-state index in [4.69, 9.17) is 0 Å². The number of anilines is 1. The lowest BCUT2D eigenvalue weighted by Crippen LogP contribution is -2.29. The Bertz CT molecular complexity index is 415. The summed E-state index contributed by atoms with van der Waals surface area (Å²) >= 11 is 0. The van der Waals surface area contributed by atoms with Crippen LogP contribution in [0.5, 0.6) is 0 Å². The highest BCUT2D eigenvalue weighted by Gasteiger charge is 2.14. The predicted octanol–water partition coefficient (Wildman–Crippen LogP) is 0.832. The van der Waals surface area contributed by atoms with Crippen molar-refractivity contribution in [2.45, 2.75) is 13.0 Å². The summed E-state index contributed by atoms with van der Waals surface area (Å²) in [7, 11) is 3.79. The average Bonchev–Trinajstić information content (AvgIpc) is 2.28. The molecule has 0 radical (unpaired) electrons. The standard InChI is InChI=1S/C13H19N3O/c1-16(2)9-13(17)15-12-5-3-4-10-8-14-7-6-11(10)12/h3-5,14H,6-9H2,1-2H3,(H,15,17). The Kier molecular flexibility index (Phi) is 3.76. The molecule has 17 heavy (non-hydrogen) atoms. The van der Waals surface area contributed by atoms with Gasteiger partial charge in [-0.05, 0) is 44.3 Å². The molecule has 0 aromatic heterocycles. The molecule has 0 bridgehead atoms. The van der Waals surface area contributed by atoms with Crippen LogP contribution >= 0.6 is 0 Å². The van der Waals surface area contributed by atoms with Crippen molar-refractivity contribution in [3.8, 4) is 0 Å². The van der Waals surface area contributed by atoms with E-state index >= 15 is 0 Å². The zero-order valence-electron chi connectivity index (χ0n) is 10.4. The highest BCUT2D eigenvalue weighted by molar-refractivity contribution is 5.93. The zero-order valence-corrected chi connectivity index (χ0v) is 10.4. The summed E-state index contributed by atoms with van der Waals surface area (Å²) in [5.74, 6) is 0.0435. The van der Waals surface area contributed by atoms with Gasteiger partial charge in [-0.3, -0.25) is 4.79 Å². The first-order valence-electron chi connectivity index (χ1n) is 5.93. The van der Waals surface area contributed by atoms with Crippen molar-refractivity contribution in [1.82, 2.24) is 10.2 Å². The first-order chi connectivity index (χ1) is 8.16. The second-order valence-corrected chi connectivity index (χ2v) is 4.66. The van der Waals surface area contributed by atoms with Crippen molar-refractivity contribution in [2.24, 2.45) is 0 Å². The summed E-state index contributed by atoms with van der Waals surface area (Å²) < 4.78 is 0. The second kappa shape index (κ2) is 5.29. The number of likely N-dealkylation sites (N-methyl/N-ethyl adjacent to an activating group) is 1. The maximum Gasteiger partial charge on any atom is 0.238 e. The van der Waals surface area contributed by atoms with Crippen molar-refractivity contribution in [2.75, 3.05) is 32.5 Å². The lowest BCUT2D eigenvalue weighted by molar-refractivity contribution is -0.116. The Morgan fingerprint density at radius 1 is 1.47 bits per heavy atom. The minimum Gasteiger partial charge on any atom is -0.325 e. The monoisotopic (exact) mass is 233 g/mol. The minimum atomic E-state index is 0.0435. The molecule has 2 N–H and O–H groups in total. The molecule has 4 nitrogen and oxygen atoms in total. The molecule has 2 rings (SSSR count). The maximum atomic E-state index is 11.7. The lowest BCUT2D eigenvalue weighted by atomic mass is 9.99. The summed E-state index contributed by atoms with van der Waals surface area (Å²) in [6.45, 7) is 2.29. The average molecular weight is 233 g/mol. The number of hydrogen-bond donors (Lipinski definition) is 2. The van der Waals surface area contributed by atoms with Gasteiger partial charge in [-0.1, -0.05) is 12.1 Å². The number of rotatable bonds is 3. The molecule has 1 aromatic carbocycles. The smallest absolute Gasteiger partial charge is 0.238 e. The van der Waals surface area contributed by atoms with Crippen molar-refractivity contribution >= 4 is 11.6 Å². The van der Waals surface area contributed by atoms with Crippen molar-refractivity contribution < 1.29 is 4.79 Å². The van der Waals surface area contributed by atoms with Gasteiger partial charge in [0.05, 0.1) is 6.54 Å². The summed E-state index contributed by atoms with van der Waals surface area (Å²) in [5, 5.41) is 6.33. The number of nitrogens with one attached hydrogen (secondary N) is 2. The molecule has 0 unspecified atom stereocenters. The van der Waals surface area contributed by atoms with E-state index in [2.05, 4.69) is 16.7 Å². The van der Waals surface area contributed by atoms with E-state index in [1.165, 1.54) is 11.1 Å². The summed E-state index contributed by atoms with van der Waals surface area (Å²) in [6, 6.07) is 6.10. The molecule has 1 heterocycles. The normalized spacial score (nSPS) is 14.5. The van der Waals surface area contributed by atoms with Gasteiger partial charge in [-0.2, -0.15) is 0 Å². The van der Waals surface area contributed by atoms with Crippen LogP contribution in [0.15, 0.2) is 18.2 Å². The third kappa shape index (κ3) is 3.05. The fourth-order valence-electron chi connectivity index (χ4n) is 2.13. The largest absolute Gasteiger partial charge is 0.325 e. The molecular weight excluding hydrogens is 214 g/mol. The third-order valence-electron chi connectivity index (χ3n) is 2.87. The van der Waals surface area contributed by atoms with Gasteiger partial charge in [-0.25, -0.2) is 0 Å². The molecule has 0 fully saturated rings. The molecule has 0 atom stereocenters. The van der Waals surface area contributed by atoms with Crippen LogP contribution in [-0.4, -0.2) is 38.0 Å². The number of fused-ring (bicyclic) bond motifs is 1. The summed E-state index contributed by atoms with van der Waals surface area (Å²) in [4.78, 5) is 13.6. The minimum absolute atomic E-state index is 0.0435. The van der Waals surface area contributed by atoms with Gasteiger partial charge < -0.3 is 15.5 Å². The molecule has 0 saturated heterocycles. The van der Waals surface area contributed by atoms with Gasteiger partial charge >= 0.3 is 0 Å². The van der Waals surface area contributed by atoms with Crippen LogP contribution in [0.2, 0.25) is 0 Å². The van der Waals surface area contributed by atoms with Crippen LogP contribution in [0.4, 0.5) is 5.69 Å². The fraction of sp³-hybridized carbons (Fsp3) is 0.462. The van der Waals surface area contributed by atoms with E-state index < -0.39 is 0 Å². The topological polar surface area (TPSA) is 44.4 Å². The van der Waals surface area contributed by atoms with Gasteiger partial charge in [-0.15, -0.1) is 0 Å². The maximum absolute atomic E-state index is 11.7. The van der Waals surface area contributed by atoms with Gasteiger partial charge in [0.1, 0.15) is 0 Å². The number of carbonyl (C=O) groups excluding carboxylic acids is 1. The van der Waals surface area contributed by atoms with Gasteiger partial charge in [0.2, 0.25) is 5.91 Å². The molecule has 1 aliphatic heterocycles. The van der Waals surface area contributed by atoms with E-state index in [-0.39, 0.29) is 5.91 Å². The molecular formula is C13H19N3O. The molecule has 0 spiro atoms. The fourth-order valence-corrected chi connectivity index (χ4v) is 2.13. The van der Waals surface area contributed by atoms with Crippen LogP contribution < -0.4 is 10.6 Å². The van der Waals surface area contributed by atoms with Crippen LogP contribution in [0.25, 0.3) is 0 Å². The number of amides is 1. The predicted molar refractivity (Wildman–Crippen MR) is 69.0 cm³/mol. The second-order valence-electron chi connectivity index (χ2n) is 4.66. The number of carbonyl (C=O) groups is 1. The van der Waals surface area contributed by atoms with E-state index in [1.54, 1.807) is 0 Å². The van der Waals surface area contributed by atoms with Crippen molar-refractivity contribution in [1.29, 1.82) is 0 Å². The Morgan fingerprint density at radius 2 is 2.29 bits per heavy atom. The summed E-state index contributed by atoms with van der Waals surface area (Å²) in [5.41, 5.74) is 3.54. The SMILES string of the molecule is CN(C)CC(=O)Nc1cccc2c1CCNC2. The molecule has 1 aliphatic rings. The van der Waals surface area contributed by atoms with Gasteiger partial charge in [0, 0.05) is 12.2 Å². The quantitative estimate of drug-likeness (QED) is 0.813. The Balaban J connectivity index is 2.13. The number of hydrogen-bond acceptors (Lipinski definition) is 3. The lowest BCUT2D eigenvalue weighted by Gasteiger charge is -2.21. The molecule has 92 valence electrons. The number of benzene rings is 1. The highest BCUT2D eigenvalue weighted by Crippen LogP contribution is 2.22. The summed E-state index contributed by atoms with van der Waals surface area (Å²) in [6.07, 6.45) is 0.980. The first kappa shape index (κ1) is 12.1. The first-order valence-corrected chi connectivity index (χ1v) is 5.93. The van der Waals surface area contributed by atoms with Crippen LogP contribution in [-0.2, 0) is 17.8 Å². The van der Waals surface area contributed by atoms with Crippen molar-refractivity contribution in [3.63, 3.8) is 0 Å². The molecule has 1 amide bonds. The molecule has 0 aliphatic carbocycles.